The fraction of sp³-hybridized carbons (Fsp3) is 0.190. The summed E-state index contributed by atoms with van der Waals surface area (Å²) in [7, 11) is 1.24. The average Bonchev–Trinajstić information content (AvgIpc) is 3.55. The first-order chi connectivity index (χ1) is 16.1. The third-order valence-electron chi connectivity index (χ3n) is 4.49. The second kappa shape index (κ2) is 10.0. The van der Waals surface area contributed by atoms with Crippen LogP contribution in [-0.4, -0.2) is 50.1 Å². The van der Waals surface area contributed by atoms with Crippen molar-refractivity contribution in [2.24, 2.45) is 10.2 Å². The van der Waals surface area contributed by atoms with Crippen molar-refractivity contribution in [1.82, 2.24) is 25.0 Å². The van der Waals surface area contributed by atoms with E-state index in [0.717, 1.165) is 41.2 Å². The van der Waals surface area contributed by atoms with Crippen molar-refractivity contribution in [3.63, 3.8) is 0 Å². The lowest BCUT2D eigenvalue weighted by atomic mass is 10.1. The molecular weight excluding hydrogens is 446 g/mol. The van der Waals surface area contributed by atoms with Crippen LogP contribution in [0.5, 0.6) is 0 Å². The van der Waals surface area contributed by atoms with E-state index in [0.29, 0.717) is 18.3 Å². The zero-order chi connectivity index (χ0) is 23.2. The number of rotatable bonds is 7. The molecule has 11 nitrogen and oxygen atoms in total. The number of esters is 1. The number of thioether (sulfide) groups is 1. The molecule has 0 unspecified atom stereocenters. The fourth-order valence-electron chi connectivity index (χ4n) is 2.93. The number of carbonyl (C=O) groups excluding carboxylic acids is 2. The summed E-state index contributed by atoms with van der Waals surface area (Å²) in [6.07, 6.45) is 7.06. The maximum Gasteiger partial charge on any atom is 0.331 e. The summed E-state index contributed by atoms with van der Waals surface area (Å²) in [6, 6.07) is 7.39. The highest BCUT2D eigenvalue weighted by molar-refractivity contribution is 8.18. The van der Waals surface area contributed by atoms with Gasteiger partial charge in [0.1, 0.15) is 12.4 Å². The van der Waals surface area contributed by atoms with Gasteiger partial charge < -0.3 is 13.8 Å². The van der Waals surface area contributed by atoms with Crippen LogP contribution < -0.4 is 5.32 Å². The minimum Gasteiger partial charge on any atom is -0.466 e. The van der Waals surface area contributed by atoms with E-state index in [1.54, 1.807) is 6.20 Å². The molecule has 0 atom stereocenters. The number of benzene rings is 1. The van der Waals surface area contributed by atoms with E-state index in [2.05, 4.69) is 35.4 Å². The molecule has 2 aromatic heterocycles. The Labute approximate surface area is 192 Å². The average molecular weight is 465 g/mol. The molecule has 3 aromatic rings. The second-order valence-electron chi connectivity index (χ2n) is 6.70. The van der Waals surface area contributed by atoms with Gasteiger partial charge in [-0.1, -0.05) is 30.3 Å². The monoisotopic (exact) mass is 465 g/mol. The third-order valence-corrected chi connectivity index (χ3v) is 5.39. The number of imidazole rings is 1. The molecule has 1 N–H and O–H groups in total. The number of ether oxygens (including phenoxy) is 1. The van der Waals surface area contributed by atoms with Crippen molar-refractivity contribution >= 4 is 35.0 Å². The van der Waals surface area contributed by atoms with E-state index in [9.17, 15) is 9.59 Å². The molecule has 4 rings (SSSR count). The molecule has 1 amide bonds. The SMILES string of the molecule is CCc1nccn1Cc1nc(-c2cccc(C=N/N=C3/NC(=O)/C(=C\C(=O)OC)S3)c2)no1. The molecule has 1 saturated heterocycles. The Morgan fingerprint density at radius 1 is 1.39 bits per heavy atom. The van der Waals surface area contributed by atoms with E-state index in [1.165, 1.54) is 13.3 Å². The Morgan fingerprint density at radius 2 is 2.27 bits per heavy atom. The number of carbonyl (C=O) groups is 2. The first-order valence-electron chi connectivity index (χ1n) is 9.88. The maximum atomic E-state index is 11.8. The van der Waals surface area contributed by atoms with Crippen LogP contribution in [0.25, 0.3) is 11.4 Å². The molecule has 0 spiro atoms. The molecule has 1 fully saturated rings. The summed E-state index contributed by atoms with van der Waals surface area (Å²) in [5.41, 5.74) is 1.51. The standard InChI is InChI=1S/C21H19N7O4S/c1-3-16-22-7-8-28(16)12-17-24-19(27-32-17)14-6-4-5-13(9-14)11-23-26-21-25-20(30)15(33-21)10-18(29)31-2/h4-11H,3,12H2,1-2H3,(H,25,26,30)/b15-10+,23-11?. The van der Waals surface area contributed by atoms with Crippen LogP contribution in [0.1, 0.15) is 24.2 Å². The van der Waals surface area contributed by atoms with Crippen LogP contribution >= 0.6 is 11.8 Å². The van der Waals surface area contributed by atoms with E-state index in [4.69, 9.17) is 4.52 Å². The smallest absolute Gasteiger partial charge is 0.331 e. The van der Waals surface area contributed by atoms with Crippen LogP contribution in [0.2, 0.25) is 0 Å². The number of nitrogens with one attached hydrogen (secondary N) is 1. The number of hydrogen-bond donors (Lipinski definition) is 1. The van der Waals surface area contributed by atoms with E-state index < -0.39 is 11.9 Å². The predicted octanol–water partition coefficient (Wildman–Crippen LogP) is 2.15. The number of methoxy groups -OCH3 is 1. The first-order valence-corrected chi connectivity index (χ1v) is 10.7. The van der Waals surface area contributed by atoms with Crippen LogP contribution in [0.3, 0.4) is 0 Å². The highest BCUT2D eigenvalue weighted by Crippen LogP contribution is 2.23. The minimum atomic E-state index is -0.616. The summed E-state index contributed by atoms with van der Waals surface area (Å²) in [6.45, 7) is 2.48. The summed E-state index contributed by atoms with van der Waals surface area (Å²) < 4.78 is 11.9. The Balaban J connectivity index is 1.43. The molecule has 33 heavy (non-hydrogen) atoms. The Morgan fingerprint density at radius 3 is 3.09 bits per heavy atom. The van der Waals surface area contributed by atoms with Gasteiger partial charge in [-0.15, -0.1) is 5.10 Å². The number of aromatic nitrogens is 4. The molecule has 0 bridgehead atoms. The molecule has 1 aromatic carbocycles. The second-order valence-corrected chi connectivity index (χ2v) is 7.73. The molecular formula is C21H19N7O4S. The molecule has 1 aliphatic rings. The highest BCUT2D eigenvalue weighted by Gasteiger charge is 2.25. The van der Waals surface area contributed by atoms with Gasteiger partial charge in [0.15, 0.2) is 5.17 Å². The Bertz CT molecular complexity index is 1270. The van der Waals surface area contributed by atoms with Crippen molar-refractivity contribution in [2.45, 2.75) is 19.9 Å². The van der Waals surface area contributed by atoms with Gasteiger partial charge in [0.25, 0.3) is 5.91 Å². The number of amidine groups is 1. The lowest BCUT2D eigenvalue weighted by Crippen LogP contribution is -2.19. The molecule has 3 heterocycles. The summed E-state index contributed by atoms with van der Waals surface area (Å²) in [5.74, 6) is 0.832. The Kier molecular flexibility index (Phi) is 6.74. The lowest BCUT2D eigenvalue weighted by Gasteiger charge is -2.01. The Hall–Kier alpha value is -4.06. The third kappa shape index (κ3) is 5.41. The van der Waals surface area contributed by atoms with Gasteiger partial charge in [-0.2, -0.15) is 10.1 Å². The van der Waals surface area contributed by atoms with Gasteiger partial charge in [0.05, 0.1) is 18.2 Å². The first kappa shape index (κ1) is 22.1. The topological polar surface area (TPSA) is 137 Å². The van der Waals surface area contributed by atoms with Crippen molar-refractivity contribution in [1.29, 1.82) is 0 Å². The number of amides is 1. The van der Waals surface area contributed by atoms with Crippen molar-refractivity contribution in [3.8, 4) is 11.4 Å². The van der Waals surface area contributed by atoms with E-state index in [-0.39, 0.29) is 10.1 Å². The molecule has 0 radical (unpaired) electrons. The normalized spacial score (nSPS) is 16.1. The number of aryl methyl sites for hydroxylation is 1. The predicted molar refractivity (Wildman–Crippen MR) is 121 cm³/mol. The van der Waals surface area contributed by atoms with Crippen LogP contribution in [0.15, 0.2) is 62.4 Å². The summed E-state index contributed by atoms with van der Waals surface area (Å²) in [4.78, 5) is 32.1. The van der Waals surface area contributed by atoms with Gasteiger partial charge >= 0.3 is 5.97 Å². The molecule has 0 aliphatic carbocycles. The van der Waals surface area contributed by atoms with E-state index in [1.807, 2.05) is 42.0 Å². The molecule has 1 aliphatic heterocycles. The summed E-state index contributed by atoms with van der Waals surface area (Å²) in [5, 5.41) is 14.9. The van der Waals surface area contributed by atoms with Crippen molar-refractivity contribution < 1.29 is 18.8 Å². The molecule has 12 heteroatoms. The fourth-order valence-corrected chi connectivity index (χ4v) is 3.67. The lowest BCUT2D eigenvalue weighted by molar-refractivity contribution is -0.135. The largest absolute Gasteiger partial charge is 0.466 e. The van der Waals surface area contributed by atoms with Crippen LogP contribution in [-0.2, 0) is 27.3 Å². The zero-order valence-corrected chi connectivity index (χ0v) is 18.6. The molecule has 0 saturated carbocycles. The number of hydrogen-bond acceptors (Lipinski definition) is 10. The quantitative estimate of drug-likeness (QED) is 0.243. The summed E-state index contributed by atoms with van der Waals surface area (Å²) >= 11 is 1.00. The molecule has 168 valence electrons. The maximum absolute atomic E-state index is 11.8. The zero-order valence-electron chi connectivity index (χ0n) is 17.8. The number of nitrogens with zero attached hydrogens (tertiary/aromatic N) is 6. The minimum absolute atomic E-state index is 0.187. The van der Waals surface area contributed by atoms with Crippen molar-refractivity contribution in [3.05, 3.63) is 64.9 Å². The van der Waals surface area contributed by atoms with Gasteiger partial charge in [-0.25, -0.2) is 9.78 Å². The van der Waals surface area contributed by atoms with Gasteiger partial charge in [-0.05, 0) is 23.4 Å². The van der Waals surface area contributed by atoms with E-state index >= 15 is 0 Å². The van der Waals surface area contributed by atoms with Gasteiger partial charge in [-0.3, -0.25) is 10.1 Å². The highest BCUT2D eigenvalue weighted by atomic mass is 32.2. The van der Waals surface area contributed by atoms with Gasteiger partial charge in [0.2, 0.25) is 11.7 Å². The van der Waals surface area contributed by atoms with Gasteiger partial charge in [0, 0.05) is 30.5 Å². The van der Waals surface area contributed by atoms with Crippen LogP contribution in [0.4, 0.5) is 0 Å². The van der Waals surface area contributed by atoms with Crippen LogP contribution in [0, 0.1) is 0 Å². The van der Waals surface area contributed by atoms with Crippen molar-refractivity contribution in [2.75, 3.05) is 7.11 Å².